The van der Waals surface area contributed by atoms with E-state index in [1.54, 1.807) is 5.32 Å². The van der Waals surface area contributed by atoms with Gasteiger partial charge in [-0.3, -0.25) is 9.59 Å². The van der Waals surface area contributed by atoms with Crippen molar-refractivity contribution in [2.24, 2.45) is 0 Å². The van der Waals surface area contributed by atoms with Gasteiger partial charge < -0.3 is 10.1 Å². The molecule has 1 amide bonds. The maximum Gasteiger partial charge on any atom is 0.471 e. The lowest BCUT2D eigenvalue weighted by molar-refractivity contribution is -0.174. The Labute approximate surface area is 84.8 Å². The van der Waals surface area contributed by atoms with Crippen molar-refractivity contribution in [2.45, 2.75) is 25.1 Å². The highest BCUT2D eigenvalue weighted by Crippen LogP contribution is 2.14. The number of esters is 1. The second-order valence-corrected chi connectivity index (χ2v) is 2.78. The molecule has 0 rings (SSSR count). The first-order valence-electron chi connectivity index (χ1n) is 4.05. The molecule has 0 unspecified atom stereocenters. The predicted molar refractivity (Wildman–Crippen MR) is 44.6 cm³/mol. The highest BCUT2D eigenvalue weighted by atomic mass is 19.4. The van der Waals surface area contributed by atoms with Crippen LogP contribution in [-0.2, 0) is 14.3 Å². The first kappa shape index (κ1) is 13.7. The van der Waals surface area contributed by atoms with Crippen molar-refractivity contribution >= 4 is 11.9 Å². The van der Waals surface area contributed by atoms with Gasteiger partial charge in [0.2, 0.25) is 0 Å². The first-order valence-corrected chi connectivity index (χ1v) is 4.05. The normalized spacial score (nSPS) is 13.1. The van der Waals surface area contributed by atoms with Crippen molar-refractivity contribution in [3.8, 4) is 0 Å². The second kappa shape index (κ2) is 5.57. The Morgan fingerprint density at radius 3 is 2.40 bits per heavy atom. The van der Waals surface area contributed by atoms with E-state index >= 15 is 0 Å². The molecule has 0 aliphatic rings. The average molecular weight is 226 g/mol. The number of halogens is 3. The van der Waals surface area contributed by atoms with Gasteiger partial charge in [-0.15, -0.1) is 0 Å². The molecule has 0 aromatic carbocycles. The number of hydrogen-bond donors (Lipinski definition) is 1. The molecule has 0 saturated heterocycles. The van der Waals surface area contributed by atoms with Crippen molar-refractivity contribution in [1.29, 1.82) is 0 Å². The first-order chi connectivity index (χ1) is 6.77. The number of carbonyl (C=O) groups excluding carboxylic acids is 2. The molecule has 0 heterocycles. The molecule has 4 nitrogen and oxygen atoms in total. The highest BCUT2D eigenvalue weighted by molar-refractivity contribution is 5.82. The summed E-state index contributed by atoms with van der Waals surface area (Å²) in [6.45, 7) is 3.26. The molecule has 0 aliphatic carbocycles. The Morgan fingerprint density at radius 2 is 2.00 bits per heavy atom. The minimum Gasteiger partial charge on any atom is -0.469 e. The zero-order valence-corrected chi connectivity index (χ0v) is 8.06. The summed E-state index contributed by atoms with van der Waals surface area (Å²) in [4.78, 5) is 21.0. The molecule has 0 fully saturated rings. The Hall–Kier alpha value is -1.27. The second-order valence-electron chi connectivity index (χ2n) is 2.78. The van der Waals surface area contributed by atoms with Crippen LogP contribution in [0.2, 0.25) is 0 Å². The van der Waals surface area contributed by atoms with Gasteiger partial charge in [0.1, 0.15) is 0 Å². The van der Waals surface area contributed by atoms with Crippen LogP contribution in [0, 0.1) is 6.92 Å². The third-order valence-corrected chi connectivity index (χ3v) is 1.52. The molecule has 87 valence electrons. The fraction of sp³-hybridized carbons (Fsp3) is 0.625. The fourth-order valence-corrected chi connectivity index (χ4v) is 0.734. The van der Waals surface area contributed by atoms with Crippen LogP contribution in [0.15, 0.2) is 0 Å². The van der Waals surface area contributed by atoms with Gasteiger partial charge in [-0.2, -0.15) is 13.2 Å². The van der Waals surface area contributed by atoms with Gasteiger partial charge in [-0.25, -0.2) is 0 Å². The lowest BCUT2D eigenvalue weighted by atomic mass is 10.2. The molecule has 0 spiro atoms. The van der Waals surface area contributed by atoms with Crippen molar-refractivity contribution in [1.82, 2.24) is 5.32 Å². The summed E-state index contributed by atoms with van der Waals surface area (Å²) in [5.74, 6) is -2.63. The number of hydrogen-bond acceptors (Lipinski definition) is 3. The number of rotatable bonds is 4. The molecule has 0 aliphatic heterocycles. The number of nitrogens with one attached hydrogen (secondary N) is 1. The van der Waals surface area contributed by atoms with Crippen LogP contribution in [0.5, 0.6) is 0 Å². The van der Waals surface area contributed by atoms with Crippen LogP contribution in [0.25, 0.3) is 0 Å². The van der Waals surface area contributed by atoms with Crippen LogP contribution in [0.1, 0.15) is 12.8 Å². The lowest BCUT2D eigenvalue weighted by Gasteiger charge is -2.14. The Morgan fingerprint density at radius 1 is 1.47 bits per heavy atom. The van der Waals surface area contributed by atoms with E-state index in [1.807, 2.05) is 0 Å². The SMILES string of the molecule is [CH2][C@H](CCC(=O)OC)NC(=O)C(F)(F)F. The molecule has 7 heteroatoms. The molecular weight excluding hydrogens is 215 g/mol. The third kappa shape index (κ3) is 5.92. The number of amides is 1. The third-order valence-electron chi connectivity index (χ3n) is 1.52. The summed E-state index contributed by atoms with van der Waals surface area (Å²) < 4.78 is 39.5. The maximum absolute atomic E-state index is 11.7. The summed E-state index contributed by atoms with van der Waals surface area (Å²) in [7, 11) is 1.16. The molecular formula is C8H11F3NO3. The van der Waals surface area contributed by atoms with Gasteiger partial charge in [-0.1, -0.05) is 0 Å². The van der Waals surface area contributed by atoms with Gasteiger partial charge in [0.15, 0.2) is 0 Å². The van der Waals surface area contributed by atoms with E-state index in [9.17, 15) is 22.8 Å². The summed E-state index contributed by atoms with van der Waals surface area (Å²) in [5.41, 5.74) is 0. The van der Waals surface area contributed by atoms with Crippen LogP contribution in [-0.4, -0.2) is 31.2 Å². The van der Waals surface area contributed by atoms with E-state index in [1.165, 1.54) is 0 Å². The molecule has 0 bridgehead atoms. The fourth-order valence-electron chi connectivity index (χ4n) is 0.734. The largest absolute Gasteiger partial charge is 0.471 e. The monoisotopic (exact) mass is 226 g/mol. The van der Waals surface area contributed by atoms with E-state index in [2.05, 4.69) is 11.7 Å². The Bertz CT molecular complexity index is 240. The minimum atomic E-state index is -4.93. The number of carbonyl (C=O) groups is 2. The van der Waals surface area contributed by atoms with Crippen LogP contribution in [0.3, 0.4) is 0 Å². The summed E-state index contributed by atoms with van der Waals surface area (Å²) in [5, 5.41) is 1.62. The van der Waals surface area contributed by atoms with Crippen LogP contribution < -0.4 is 5.32 Å². The molecule has 15 heavy (non-hydrogen) atoms. The smallest absolute Gasteiger partial charge is 0.469 e. The quantitative estimate of drug-likeness (QED) is 0.722. The van der Waals surface area contributed by atoms with Gasteiger partial charge >= 0.3 is 18.1 Å². The molecule has 0 saturated carbocycles. The van der Waals surface area contributed by atoms with Crippen LogP contribution in [0.4, 0.5) is 13.2 Å². The summed E-state index contributed by atoms with van der Waals surface area (Å²) in [6, 6.07) is -0.974. The summed E-state index contributed by atoms with van der Waals surface area (Å²) in [6.07, 6.45) is -5.03. The maximum atomic E-state index is 11.7. The molecule has 1 radical (unpaired) electrons. The van der Waals surface area contributed by atoms with E-state index < -0.39 is 24.1 Å². The topological polar surface area (TPSA) is 55.4 Å². The van der Waals surface area contributed by atoms with Crippen molar-refractivity contribution < 1.29 is 27.5 Å². The molecule has 1 atom stereocenters. The Balaban J connectivity index is 3.89. The standard InChI is InChI=1S/C8H11F3NO3/c1-5(3-4-6(13)15-2)12-7(14)8(9,10)11/h5H,1,3-4H2,2H3,(H,12,14)/t5-/m1/s1. The molecule has 0 aromatic heterocycles. The summed E-state index contributed by atoms with van der Waals surface area (Å²) >= 11 is 0. The molecule has 1 N–H and O–H groups in total. The predicted octanol–water partition coefficient (Wildman–Crippen LogP) is 0.821. The zero-order chi connectivity index (χ0) is 12.1. The van der Waals surface area contributed by atoms with Crippen molar-refractivity contribution in [3.63, 3.8) is 0 Å². The van der Waals surface area contributed by atoms with Gasteiger partial charge in [0.25, 0.3) is 0 Å². The molecule has 0 aromatic rings. The number of ether oxygens (including phenoxy) is 1. The van der Waals surface area contributed by atoms with E-state index in [0.29, 0.717) is 0 Å². The number of alkyl halides is 3. The lowest BCUT2D eigenvalue weighted by Crippen LogP contribution is -2.42. The van der Waals surface area contributed by atoms with Gasteiger partial charge in [0.05, 0.1) is 7.11 Å². The van der Waals surface area contributed by atoms with E-state index in [0.717, 1.165) is 7.11 Å². The van der Waals surface area contributed by atoms with E-state index in [-0.39, 0.29) is 12.8 Å². The highest BCUT2D eigenvalue weighted by Gasteiger charge is 2.39. The Kier molecular flexibility index (Phi) is 5.10. The minimum absolute atomic E-state index is 0.00546. The van der Waals surface area contributed by atoms with Crippen molar-refractivity contribution in [3.05, 3.63) is 6.92 Å². The average Bonchev–Trinajstić information content (AvgIpc) is 2.12. The zero-order valence-electron chi connectivity index (χ0n) is 8.06. The van der Waals surface area contributed by atoms with Gasteiger partial charge in [-0.05, 0) is 13.3 Å². The van der Waals surface area contributed by atoms with Crippen molar-refractivity contribution in [2.75, 3.05) is 7.11 Å². The van der Waals surface area contributed by atoms with E-state index in [4.69, 9.17) is 0 Å². The van der Waals surface area contributed by atoms with Gasteiger partial charge in [0, 0.05) is 12.5 Å². The number of methoxy groups -OCH3 is 1. The van der Waals surface area contributed by atoms with Crippen LogP contribution >= 0.6 is 0 Å².